The van der Waals surface area contributed by atoms with Gasteiger partial charge in [0, 0.05) is 52.9 Å². The second-order valence-electron chi connectivity index (χ2n) is 17.3. The molecule has 8 unspecified atom stereocenters. The molecule has 0 aromatic heterocycles. The number of nitrogens with zero attached hydrogens (tertiary/aromatic N) is 3. The number of fused-ring (bicyclic) bond motifs is 5. The van der Waals surface area contributed by atoms with Crippen LogP contribution in [0.25, 0.3) is 0 Å². The largest absolute Gasteiger partial charge is 0.481 e. The third-order valence-electron chi connectivity index (χ3n) is 14.1. The molecule has 0 bridgehead atoms. The van der Waals surface area contributed by atoms with E-state index in [0.717, 1.165) is 39.9 Å². The number of hydrogen-bond acceptors (Lipinski definition) is 14. The van der Waals surface area contributed by atoms with E-state index in [9.17, 15) is 49.5 Å². The summed E-state index contributed by atoms with van der Waals surface area (Å²) in [5.74, 6) is -3.23. The van der Waals surface area contributed by atoms with Crippen LogP contribution in [0.1, 0.15) is 78.6 Å². The molecule has 0 aliphatic heterocycles. The number of nitrogens with one attached hydrogen (secondary N) is 2. The third-order valence-corrected chi connectivity index (χ3v) is 14.1. The van der Waals surface area contributed by atoms with Crippen molar-refractivity contribution in [2.45, 2.75) is 96.8 Å². The second kappa shape index (κ2) is 24.4. The van der Waals surface area contributed by atoms with Gasteiger partial charge in [-0.25, -0.2) is 0 Å². The van der Waals surface area contributed by atoms with Crippen LogP contribution in [0.2, 0.25) is 0 Å². The summed E-state index contributed by atoms with van der Waals surface area (Å²) < 4.78 is 0. The third kappa shape index (κ3) is 13.7. The van der Waals surface area contributed by atoms with Crippen molar-refractivity contribution in [3.63, 3.8) is 0 Å². The van der Waals surface area contributed by atoms with Crippen LogP contribution in [0.3, 0.4) is 0 Å². The Labute approximate surface area is 347 Å². The van der Waals surface area contributed by atoms with Crippen LogP contribution in [-0.4, -0.2) is 189 Å². The van der Waals surface area contributed by atoms with E-state index in [-0.39, 0.29) is 104 Å². The number of aliphatic carboxylic acids is 3. The summed E-state index contributed by atoms with van der Waals surface area (Å²) in [5.41, 5.74) is -0.500. The maximum Gasteiger partial charge on any atom is 0.317 e. The first-order chi connectivity index (χ1) is 27.9. The van der Waals surface area contributed by atoms with Crippen molar-refractivity contribution < 1.29 is 69.9 Å². The van der Waals surface area contributed by atoms with Crippen LogP contribution in [0.15, 0.2) is 0 Å². The fourth-order valence-electron chi connectivity index (χ4n) is 11.2. The second-order valence-corrected chi connectivity index (χ2v) is 17.3. The highest BCUT2D eigenvalue weighted by molar-refractivity contribution is 5.85. The zero-order valence-electron chi connectivity index (χ0n) is 35.5. The summed E-state index contributed by atoms with van der Waals surface area (Å²) in [4.78, 5) is 63.9. The zero-order chi connectivity index (χ0) is 44.7. The van der Waals surface area contributed by atoms with Crippen molar-refractivity contribution in [1.29, 1.82) is 0 Å². The van der Waals surface area contributed by atoms with E-state index in [4.69, 9.17) is 20.4 Å². The Kier molecular flexibility index (Phi) is 21.6. The molecule has 59 heavy (non-hydrogen) atoms. The Hall–Kier alpha value is -3.01. The molecule has 4 saturated carbocycles. The first kappa shape index (κ1) is 52.1. The SMILES string of the molecule is CC(CCC(=O)O)[C@H]1CCC2C3C(O)CC4CC(NC(=O)CNC(=O)CN(CCN(CO)CO)CCN(CC(=O)O)CC(=O)O)CC[C@]4(C)C3CC(O)[C@@]21C.CO.CO. The Morgan fingerprint density at radius 3 is 1.85 bits per heavy atom. The number of rotatable bonds is 21. The van der Waals surface area contributed by atoms with Crippen LogP contribution in [0.5, 0.6) is 0 Å². The molecular weight excluding hydrogens is 774 g/mol. The lowest BCUT2D eigenvalue weighted by atomic mass is 9.43. The van der Waals surface area contributed by atoms with Gasteiger partial charge in [0.05, 0.1) is 51.8 Å². The minimum Gasteiger partial charge on any atom is -0.481 e. The minimum atomic E-state index is -1.20. The Balaban J connectivity index is 0.00000291. The first-order valence-corrected chi connectivity index (χ1v) is 20.8. The van der Waals surface area contributed by atoms with Gasteiger partial charge in [-0.15, -0.1) is 0 Å². The number of aliphatic hydroxyl groups is 6. The average Bonchev–Trinajstić information content (AvgIpc) is 3.55. The lowest BCUT2D eigenvalue weighted by molar-refractivity contribution is -0.202. The maximum absolute atomic E-state index is 13.1. The molecule has 0 spiro atoms. The van der Waals surface area contributed by atoms with E-state index in [2.05, 4.69) is 31.4 Å². The number of hydrogen-bond donors (Lipinski definition) is 11. The highest BCUT2D eigenvalue weighted by atomic mass is 16.4. The van der Waals surface area contributed by atoms with Crippen LogP contribution < -0.4 is 10.6 Å². The minimum absolute atomic E-state index is 0.0237. The molecule has 11 atom stereocenters. The van der Waals surface area contributed by atoms with E-state index in [1.807, 2.05) is 0 Å². The van der Waals surface area contributed by atoms with Gasteiger partial charge < -0.3 is 56.6 Å². The Bertz CT molecular complexity index is 1340. The molecule has 0 saturated heterocycles. The molecule has 0 aromatic rings. The molecule has 2 amide bonds. The zero-order valence-corrected chi connectivity index (χ0v) is 35.5. The molecule has 4 rings (SSSR count). The smallest absolute Gasteiger partial charge is 0.317 e. The van der Waals surface area contributed by atoms with Crippen molar-refractivity contribution in [2.24, 2.45) is 46.3 Å². The fourth-order valence-corrected chi connectivity index (χ4v) is 11.2. The van der Waals surface area contributed by atoms with Gasteiger partial charge >= 0.3 is 17.9 Å². The molecule has 0 aromatic carbocycles. The van der Waals surface area contributed by atoms with Crippen molar-refractivity contribution >= 4 is 29.7 Å². The highest BCUT2D eigenvalue weighted by Crippen LogP contribution is 2.68. The summed E-state index contributed by atoms with van der Waals surface area (Å²) in [6, 6.07) is -0.148. The van der Waals surface area contributed by atoms with E-state index < -0.39 is 62.6 Å². The highest BCUT2D eigenvalue weighted by Gasteiger charge is 2.65. The van der Waals surface area contributed by atoms with Gasteiger partial charge in [0.25, 0.3) is 0 Å². The molecule has 19 heteroatoms. The lowest BCUT2D eigenvalue weighted by Crippen LogP contribution is -2.63. The maximum atomic E-state index is 13.1. The fraction of sp³-hybridized carbons (Fsp3) is 0.875. The standard InChI is InChI=1S/C38H65N5O12.2CH4O/c1-23(4-7-33(50)51)26-5-6-27-36-28(16-30(47)38(26,27)3)37(2)9-8-25(14-24(37)15-29(36)46)40-31(48)17-39-32(49)18-41(11-13-43(21-44)22-45)10-12-42(19-34(52)53)20-35(54)55;2*1-2/h23-30,36,44-47H,4-22H2,1-3H3,(H,39,49)(H,40,48)(H,50,51)(H,52,53)(H,54,55);2*2H,1H3/t23?,24?,25?,26-,27?,28?,29?,30?,36?,37+,38-;;/m1../s1. The summed E-state index contributed by atoms with van der Waals surface area (Å²) in [6.45, 7) is 4.71. The molecule has 11 N–H and O–H groups in total. The molecule has 0 heterocycles. The van der Waals surface area contributed by atoms with E-state index in [0.29, 0.717) is 25.7 Å². The van der Waals surface area contributed by atoms with Gasteiger partial charge in [-0.05, 0) is 97.7 Å². The number of carboxylic acids is 3. The van der Waals surface area contributed by atoms with Gasteiger partial charge in [-0.2, -0.15) is 0 Å². The number of carboxylic acid groups (broad SMARTS) is 3. The van der Waals surface area contributed by atoms with Crippen molar-refractivity contribution in [1.82, 2.24) is 25.3 Å². The van der Waals surface area contributed by atoms with Crippen LogP contribution in [-0.2, 0) is 24.0 Å². The first-order valence-electron chi connectivity index (χ1n) is 20.8. The molecule has 4 aliphatic carbocycles. The molecule has 4 fully saturated rings. The summed E-state index contributed by atoms with van der Waals surface area (Å²) in [5, 5.41) is 89.7. The number of amides is 2. The topological polar surface area (TPSA) is 301 Å². The quantitative estimate of drug-likeness (QED) is 0.0610. The summed E-state index contributed by atoms with van der Waals surface area (Å²) >= 11 is 0. The van der Waals surface area contributed by atoms with Gasteiger partial charge in [0.15, 0.2) is 0 Å². The Morgan fingerprint density at radius 2 is 1.29 bits per heavy atom. The van der Waals surface area contributed by atoms with Crippen LogP contribution >= 0.6 is 0 Å². The van der Waals surface area contributed by atoms with Gasteiger partial charge in [0.2, 0.25) is 11.8 Å². The molecule has 4 aliphatic rings. The molecule has 0 radical (unpaired) electrons. The van der Waals surface area contributed by atoms with E-state index >= 15 is 0 Å². The lowest BCUT2D eigenvalue weighted by Gasteiger charge is -2.63. The van der Waals surface area contributed by atoms with Gasteiger partial charge in [-0.1, -0.05) is 20.8 Å². The van der Waals surface area contributed by atoms with Gasteiger partial charge in [-0.3, -0.25) is 38.7 Å². The number of aliphatic hydroxyl groups excluding tert-OH is 6. The summed E-state index contributed by atoms with van der Waals surface area (Å²) in [7, 11) is 2.00. The predicted molar refractivity (Wildman–Crippen MR) is 214 cm³/mol. The van der Waals surface area contributed by atoms with Crippen molar-refractivity contribution in [3.05, 3.63) is 0 Å². The molecule has 19 nitrogen and oxygen atoms in total. The summed E-state index contributed by atoms with van der Waals surface area (Å²) in [6.07, 6.45) is 4.86. The van der Waals surface area contributed by atoms with Crippen molar-refractivity contribution in [3.8, 4) is 0 Å². The average molecular weight is 848 g/mol. The Morgan fingerprint density at radius 1 is 0.712 bits per heavy atom. The van der Waals surface area contributed by atoms with Crippen LogP contribution in [0, 0.1) is 46.3 Å². The van der Waals surface area contributed by atoms with Crippen LogP contribution in [0.4, 0.5) is 0 Å². The molecule has 342 valence electrons. The van der Waals surface area contributed by atoms with Gasteiger partial charge in [0.1, 0.15) is 0 Å². The number of carbonyl (C=O) groups is 5. The van der Waals surface area contributed by atoms with E-state index in [1.165, 1.54) is 9.80 Å². The molecular formula is C40H73N5O14. The normalized spacial score (nSPS) is 31.4. The number of carbonyl (C=O) groups excluding carboxylic acids is 2. The monoisotopic (exact) mass is 848 g/mol. The van der Waals surface area contributed by atoms with E-state index in [1.54, 1.807) is 4.90 Å². The van der Waals surface area contributed by atoms with Crippen molar-refractivity contribution in [2.75, 3.05) is 80.0 Å². The predicted octanol–water partition coefficient (Wildman–Crippen LogP) is -1.12.